The predicted octanol–water partition coefficient (Wildman–Crippen LogP) is 4.43. The van der Waals surface area contributed by atoms with Gasteiger partial charge in [-0.25, -0.2) is 9.78 Å². The van der Waals surface area contributed by atoms with Crippen molar-refractivity contribution in [3.05, 3.63) is 53.7 Å². The van der Waals surface area contributed by atoms with Gasteiger partial charge in [-0.1, -0.05) is 30.3 Å². The van der Waals surface area contributed by atoms with E-state index in [4.69, 9.17) is 15.2 Å². The number of ether oxygens (including phenoxy) is 2. The van der Waals surface area contributed by atoms with Gasteiger partial charge in [0, 0.05) is 18.7 Å². The van der Waals surface area contributed by atoms with Crippen molar-refractivity contribution in [2.24, 2.45) is 17.8 Å². The van der Waals surface area contributed by atoms with E-state index in [1.807, 2.05) is 48.2 Å². The number of hydrogen-bond acceptors (Lipinski definition) is 5. The molecule has 30 heavy (non-hydrogen) atoms. The van der Waals surface area contributed by atoms with Crippen LogP contribution >= 0.6 is 0 Å². The number of piperidine rings is 1. The van der Waals surface area contributed by atoms with E-state index in [1.165, 1.54) is 6.42 Å². The second-order valence-electron chi connectivity index (χ2n) is 8.55. The second kappa shape index (κ2) is 9.37. The third kappa shape index (κ3) is 5.23. The number of pyridine rings is 1. The van der Waals surface area contributed by atoms with Crippen molar-refractivity contribution < 1.29 is 14.3 Å². The molecule has 2 aliphatic rings. The van der Waals surface area contributed by atoms with Crippen LogP contribution < -0.4 is 10.5 Å². The highest BCUT2D eigenvalue weighted by atomic mass is 16.6. The molecule has 2 aromatic rings. The van der Waals surface area contributed by atoms with Gasteiger partial charge < -0.3 is 20.1 Å². The number of aryl methyl sites for hydroxylation is 1. The Hall–Kier alpha value is -2.76. The number of benzene rings is 1. The highest BCUT2D eigenvalue weighted by Gasteiger charge is 2.43. The number of nitrogen functional groups attached to an aromatic ring is 1. The van der Waals surface area contributed by atoms with Gasteiger partial charge in [-0.2, -0.15) is 0 Å². The van der Waals surface area contributed by atoms with Crippen LogP contribution in [0.4, 0.5) is 10.5 Å². The second-order valence-corrected chi connectivity index (χ2v) is 8.55. The maximum atomic E-state index is 12.3. The summed E-state index contributed by atoms with van der Waals surface area (Å²) in [6.07, 6.45) is 5.93. The van der Waals surface area contributed by atoms with Gasteiger partial charge in [0.25, 0.3) is 0 Å². The van der Waals surface area contributed by atoms with Crippen LogP contribution in [0.15, 0.2) is 42.6 Å². The Labute approximate surface area is 178 Å². The van der Waals surface area contributed by atoms with Gasteiger partial charge >= 0.3 is 6.09 Å². The van der Waals surface area contributed by atoms with Crippen LogP contribution in [0.5, 0.6) is 5.88 Å². The van der Waals surface area contributed by atoms with E-state index in [2.05, 4.69) is 4.98 Å². The molecule has 0 spiro atoms. The minimum absolute atomic E-state index is 0.190. The molecular formula is C24H31N3O3. The molecule has 1 amide bonds. The largest absolute Gasteiger partial charge is 0.477 e. The summed E-state index contributed by atoms with van der Waals surface area (Å²) in [4.78, 5) is 18.4. The Bertz CT molecular complexity index is 850. The van der Waals surface area contributed by atoms with Gasteiger partial charge in [0.1, 0.15) is 6.61 Å². The first-order valence-corrected chi connectivity index (χ1v) is 10.9. The van der Waals surface area contributed by atoms with Gasteiger partial charge in [0.05, 0.1) is 18.5 Å². The fraction of sp³-hybridized carbons (Fsp3) is 0.500. The lowest BCUT2D eigenvalue weighted by molar-refractivity contribution is 0.0796. The van der Waals surface area contributed by atoms with E-state index < -0.39 is 0 Å². The highest BCUT2D eigenvalue weighted by Crippen LogP contribution is 2.49. The molecule has 1 unspecified atom stereocenters. The number of carbonyl (C=O) groups is 1. The van der Waals surface area contributed by atoms with Gasteiger partial charge in [-0.15, -0.1) is 0 Å². The number of carbonyl (C=O) groups excluding carboxylic acids is 1. The summed E-state index contributed by atoms with van der Waals surface area (Å²) in [6.45, 7) is 4.60. The number of hydrogen-bond donors (Lipinski definition) is 1. The molecule has 4 rings (SSSR count). The molecular weight excluding hydrogens is 378 g/mol. The van der Waals surface area contributed by atoms with Crippen LogP contribution in [0.3, 0.4) is 0 Å². The van der Waals surface area contributed by atoms with Gasteiger partial charge in [-0.05, 0) is 62.0 Å². The van der Waals surface area contributed by atoms with E-state index in [1.54, 1.807) is 6.20 Å². The molecule has 1 aromatic heterocycles. The van der Waals surface area contributed by atoms with Gasteiger partial charge in [0.15, 0.2) is 0 Å². The van der Waals surface area contributed by atoms with Crippen molar-refractivity contribution in [3.8, 4) is 5.88 Å². The Morgan fingerprint density at radius 3 is 2.73 bits per heavy atom. The fourth-order valence-electron chi connectivity index (χ4n) is 4.54. The van der Waals surface area contributed by atoms with Crippen molar-refractivity contribution in [1.82, 2.24) is 9.88 Å². The average molecular weight is 410 g/mol. The monoisotopic (exact) mass is 409 g/mol. The summed E-state index contributed by atoms with van der Waals surface area (Å²) < 4.78 is 11.3. The zero-order chi connectivity index (χ0) is 20.9. The smallest absolute Gasteiger partial charge is 0.410 e. The van der Waals surface area contributed by atoms with Crippen LogP contribution in [0.2, 0.25) is 0 Å². The summed E-state index contributed by atoms with van der Waals surface area (Å²) in [5.41, 5.74) is 8.40. The zero-order valence-corrected chi connectivity index (χ0v) is 17.6. The zero-order valence-electron chi connectivity index (χ0n) is 17.6. The Morgan fingerprint density at radius 2 is 2.00 bits per heavy atom. The maximum absolute atomic E-state index is 12.3. The van der Waals surface area contributed by atoms with E-state index in [0.717, 1.165) is 55.3 Å². The van der Waals surface area contributed by atoms with Crippen molar-refractivity contribution >= 4 is 11.8 Å². The third-order valence-electron chi connectivity index (χ3n) is 6.36. The van der Waals surface area contributed by atoms with Crippen molar-refractivity contribution in [3.63, 3.8) is 0 Å². The number of nitrogens with zero attached hydrogens (tertiary/aromatic N) is 2. The minimum atomic E-state index is -0.190. The molecule has 2 atom stereocenters. The molecule has 1 aliphatic heterocycles. The molecule has 6 heteroatoms. The molecule has 1 saturated heterocycles. The molecule has 2 fully saturated rings. The number of aromatic nitrogens is 1. The summed E-state index contributed by atoms with van der Waals surface area (Å²) >= 11 is 0. The first kappa shape index (κ1) is 20.5. The molecule has 2 heterocycles. The molecule has 1 saturated carbocycles. The van der Waals surface area contributed by atoms with E-state index in [-0.39, 0.29) is 6.09 Å². The third-order valence-corrected chi connectivity index (χ3v) is 6.36. The van der Waals surface area contributed by atoms with Crippen LogP contribution in [0, 0.1) is 24.7 Å². The lowest BCUT2D eigenvalue weighted by Gasteiger charge is -2.31. The number of amides is 1. The normalized spacial score (nSPS) is 21.3. The Balaban J connectivity index is 1.13. The fourth-order valence-corrected chi connectivity index (χ4v) is 4.54. The molecule has 2 N–H and O–H groups in total. The summed E-state index contributed by atoms with van der Waals surface area (Å²) in [5.74, 6) is 2.91. The van der Waals surface area contributed by atoms with Crippen molar-refractivity contribution in [1.29, 1.82) is 0 Å². The number of nitrogens with two attached hydrogens (primary N) is 1. The number of rotatable bonds is 7. The summed E-state index contributed by atoms with van der Waals surface area (Å²) in [5, 5.41) is 0. The van der Waals surface area contributed by atoms with Crippen molar-refractivity contribution in [2.45, 2.75) is 39.2 Å². The predicted molar refractivity (Wildman–Crippen MR) is 116 cm³/mol. The van der Waals surface area contributed by atoms with Crippen LogP contribution in [0.1, 0.15) is 36.8 Å². The minimum Gasteiger partial charge on any atom is -0.477 e. The van der Waals surface area contributed by atoms with E-state index >= 15 is 0 Å². The van der Waals surface area contributed by atoms with Crippen LogP contribution in [-0.4, -0.2) is 35.7 Å². The van der Waals surface area contributed by atoms with E-state index in [0.29, 0.717) is 30.7 Å². The lowest BCUT2D eigenvalue weighted by Crippen LogP contribution is -2.39. The van der Waals surface area contributed by atoms with Gasteiger partial charge in [0.2, 0.25) is 5.88 Å². The maximum Gasteiger partial charge on any atom is 0.410 e. The van der Waals surface area contributed by atoms with Gasteiger partial charge in [-0.3, -0.25) is 0 Å². The average Bonchev–Trinajstić information content (AvgIpc) is 3.54. The molecule has 0 bridgehead atoms. The van der Waals surface area contributed by atoms with Crippen LogP contribution in [0.25, 0.3) is 0 Å². The van der Waals surface area contributed by atoms with Crippen molar-refractivity contribution in [2.75, 3.05) is 25.4 Å². The summed E-state index contributed by atoms with van der Waals surface area (Å²) in [7, 11) is 0. The Morgan fingerprint density at radius 1 is 1.23 bits per heavy atom. The highest BCUT2D eigenvalue weighted by molar-refractivity contribution is 5.67. The quantitative estimate of drug-likeness (QED) is 0.732. The van der Waals surface area contributed by atoms with E-state index in [9.17, 15) is 4.79 Å². The first-order chi connectivity index (χ1) is 14.6. The molecule has 160 valence electrons. The lowest BCUT2D eigenvalue weighted by atomic mass is 9.91. The SMILES string of the molecule is Cc1cc(N)cnc1OCCC1C[C@@H]1C1CCN(C(=O)OCc2ccccc2)CC1. The Kier molecular flexibility index (Phi) is 6.41. The number of anilines is 1. The molecule has 0 radical (unpaired) electrons. The standard InChI is InChI=1S/C24H31N3O3/c1-17-13-21(25)15-26-23(17)29-12-9-20-14-22(20)19-7-10-27(11-8-19)24(28)30-16-18-5-3-2-4-6-18/h2-6,13,15,19-20,22H,7-12,14,16,25H2,1H3/t20?,22-/m1/s1. The first-order valence-electron chi connectivity index (χ1n) is 10.9. The topological polar surface area (TPSA) is 77.7 Å². The molecule has 1 aliphatic carbocycles. The number of likely N-dealkylation sites (tertiary alicyclic amines) is 1. The molecule has 1 aromatic carbocycles. The van der Waals surface area contributed by atoms with Crippen LogP contribution in [-0.2, 0) is 11.3 Å². The molecule has 6 nitrogen and oxygen atoms in total. The summed E-state index contributed by atoms with van der Waals surface area (Å²) in [6, 6.07) is 11.7.